The molecule has 2 aromatic rings. The van der Waals surface area contributed by atoms with Crippen LogP contribution in [0.2, 0.25) is 0 Å². The summed E-state index contributed by atoms with van der Waals surface area (Å²) in [6.07, 6.45) is -0.881. The van der Waals surface area contributed by atoms with Gasteiger partial charge in [-0.2, -0.15) is 0 Å². The first kappa shape index (κ1) is 18.1. The Morgan fingerprint density at radius 2 is 2.04 bits per heavy atom. The maximum Gasteiger partial charge on any atom is 0.338 e. The maximum absolute atomic E-state index is 12.1. The molecule has 0 aliphatic carbocycles. The third-order valence-corrected chi connectivity index (χ3v) is 4.29. The molecular formula is C17H18N2O7. The van der Waals surface area contributed by atoms with Crippen LogP contribution in [0.3, 0.4) is 0 Å². The van der Waals surface area contributed by atoms with E-state index in [9.17, 15) is 24.6 Å². The smallest absolute Gasteiger partial charge is 0.338 e. The number of benzene rings is 1. The van der Waals surface area contributed by atoms with Crippen LogP contribution in [0.4, 0.5) is 0 Å². The van der Waals surface area contributed by atoms with Crippen molar-refractivity contribution in [1.82, 2.24) is 9.55 Å². The Bertz CT molecular complexity index is 892. The molecule has 2 heterocycles. The minimum atomic E-state index is -1.56. The van der Waals surface area contributed by atoms with Crippen molar-refractivity contribution in [3.63, 3.8) is 0 Å². The zero-order valence-electron chi connectivity index (χ0n) is 13.7. The number of esters is 1. The summed E-state index contributed by atoms with van der Waals surface area (Å²) < 4.78 is 11.9. The maximum atomic E-state index is 12.1. The number of carbonyl (C=O) groups excluding carboxylic acids is 1. The topological polar surface area (TPSA) is 131 Å². The monoisotopic (exact) mass is 362 g/mol. The van der Waals surface area contributed by atoms with Gasteiger partial charge in [0.2, 0.25) is 0 Å². The number of nitrogens with one attached hydrogen (secondary N) is 1. The summed E-state index contributed by atoms with van der Waals surface area (Å²) in [4.78, 5) is 37.2. The summed E-state index contributed by atoms with van der Waals surface area (Å²) in [5.74, 6) is -0.626. The summed E-state index contributed by atoms with van der Waals surface area (Å²) in [6.45, 7) is -1.02. The van der Waals surface area contributed by atoms with Gasteiger partial charge in [-0.05, 0) is 12.1 Å². The minimum Gasteiger partial charge on any atom is -0.459 e. The molecule has 26 heavy (non-hydrogen) atoms. The molecule has 0 amide bonds. The molecule has 0 radical (unpaired) electrons. The van der Waals surface area contributed by atoms with Gasteiger partial charge in [0, 0.05) is 18.7 Å². The molecule has 9 heteroatoms. The summed E-state index contributed by atoms with van der Waals surface area (Å²) in [5.41, 5.74) is -2.51. The molecule has 9 nitrogen and oxygen atoms in total. The molecule has 0 saturated carbocycles. The molecule has 1 aromatic heterocycles. The highest BCUT2D eigenvalue weighted by molar-refractivity contribution is 5.89. The second-order valence-electron chi connectivity index (χ2n) is 6.01. The molecule has 138 valence electrons. The Kier molecular flexibility index (Phi) is 5.03. The van der Waals surface area contributed by atoms with Gasteiger partial charge in [0.15, 0.2) is 5.60 Å². The lowest BCUT2D eigenvalue weighted by molar-refractivity contribution is -0.151. The summed E-state index contributed by atoms with van der Waals surface area (Å²) in [6, 6.07) is 9.40. The van der Waals surface area contributed by atoms with E-state index in [0.29, 0.717) is 5.56 Å². The molecular weight excluding hydrogens is 344 g/mol. The van der Waals surface area contributed by atoms with Crippen molar-refractivity contribution in [2.75, 3.05) is 13.2 Å². The summed E-state index contributed by atoms with van der Waals surface area (Å²) >= 11 is 0. The normalized spacial score (nSPS) is 25.2. The van der Waals surface area contributed by atoms with E-state index in [0.717, 1.165) is 10.6 Å². The first-order valence-electron chi connectivity index (χ1n) is 7.95. The Hall–Kier alpha value is -2.75. The summed E-state index contributed by atoms with van der Waals surface area (Å²) in [7, 11) is 0. The van der Waals surface area contributed by atoms with Crippen molar-refractivity contribution in [3.8, 4) is 0 Å². The van der Waals surface area contributed by atoms with Gasteiger partial charge in [-0.3, -0.25) is 14.3 Å². The fourth-order valence-corrected chi connectivity index (χ4v) is 2.79. The van der Waals surface area contributed by atoms with Crippen molar-refractivity contribution in [2.45, 2.75) is 24.4 Å². The van der Waals surface area contributed by atoms with Gasteiger partial charge in [0.1, 0.15) is 12.8 Å². The Morgan fingerprint density at radius 1 is 1.31 bits per heavy atom. The number of nitrogens with zero attached hydrogens (tertiary/aromatic N) is 1. The van der Waals surface area contributed by atoms with E-state index < -0.39 is 48.4 Å². The van der Waals surface area contributed by atoms with Crippen LogP contribution in [0, 0.1) is 0 Å². The van der Waals surface area contributed by atoms with Crippen LogP contribution >= 0.6 is 0 Å². The number of ether oxygens (including phenoxy) is 2. The number of hydrogen-bond donors (Lipinski definition) is 3. The van der Waals surface area contributed by atoms with Gasteiger partial charge in [-0.25, -0.2) is 9.59 Å². The molecule has 0 bridgehead atoms. The average Bonchev–Trinajstić information content (AvgIpc) is 2.97. The quantitative estimate of drug-likeness (QED) is 0.606. The first-order valence-corrected chi connectivity index (χ1v) is 7.95. The second kappa shape index (κ2) is 7.24. The highest BCUT2D eigenvalue weighted by Crippen LogP contribution is 2.36. The lowest BCUT2D eigenvalue weighted by Gasteiger charge is -2.29. The Morgan fingerprint density at radius 3 is 2.69 bits per heavy atom. The van der Waals surface area contributed by atoms with Gasteiger partial charge in [0.05, 0.1) is 18.3 Å². The number of aromatic nitrogens is 2. The van der Waals surface area contributed by atoms with Gasteiger partial charge in [0.25, 0.3) is 5.56 Å². The molecule has 1 aliphatic rings. The first-order chi connectivity index (χ1) is 12.4. The largest absolute Gasteiger partial charge is 0.459 e. The minimum absolute atomic E-state index is 0.0185. The molecule has 1 aliphatic heterocycles. The fourth-order valence-electron chi connectivity index (χ4n) is 2.79. The lowest BCUT2D eigenvalue weighted by Crippen LogP contribution is -2.48. The number of hydrogen-bond acceptors (Lipinski definition) is 7. The van der Waals surface area contributed by atoms with E-state index in [4.69, 9.17) is 9.47 Å². The van der Waals surface area contributed by atoms with E-state index in [-0.39, 0.29) is 6.42 Å². The predicted octanol–water partition coefficient (Wildman–Crippen LogP) is -0.595. The third-order valence-electron chi connectivity index (χ3n) is 4.29. The van der Waals surface area contributed by atoms with Crippen molar-refractivity contribution in [2.24, 2.45) is 0 Å². The fraction of sp³-hybridized carbons (Fsp3) is 0.353. The van der Waals surface area contributed by atoms with Crippen LogP contribution in [0.5, 0.6) is 0 Å². The Labute approximate surface area is 147 Å². The Balaban J connectivity index is 1.75. The van der Waals surface area contributed by atoms with Crippen LogP contribution in [0.25, 0.3) is 0 Å². The van der Waals surface area contributed by atoms with Gasteiger partial charge in [-0.1, -0.05) is 18.2 Å². The van der Waals surface area contributed by atoms with Crippen molar-refractivity contribution in [1.29, 1.82) is 0 Å². The van der Waals surface area contributed by atoms with Gasteiger partial charge >= 0.3 is 11.7 Å². The van der Waals surface area contributed by atoms with Gasteiger partial charge < -0.3 is 19.7 Å². The molecule has 0 spiro atoms. The van der Waals surface area contributed by atoms with Crippen LogP contribution in [-0.2, 0) is 9.47 Å². The van der Waals surface area contributed by atoms with Crippen molar-refractivity contribution in [3.05, 3.63) is 69.0 Å². The van der Waals surface area contributed by atoms with E-state index in [2.05, 4.69) is 4.98 Å². The highest BCUT2D eigenvalue weighted by atomic mass is 16.6. The second-order valence-corrected chi connectivity index (χ2v) is 6.01. The third kappa shape index (κ3) is 3.45. The number of aromatic amines is 1. The molecule has 1 aromatic carbocycles. The molecule has 0 unspecified atom stereocenters. The zero-order valence-corrected chi connectivity index (χ0v) is 13.7. The molecule has 1 saturated heterocycles. The number of carbonyl (C=O) groups is 1. The molecule has 3 N–H and O–H groups in total. The van der Waals surface area contributed by atoms with Crippen LogP contribution in [0.15, 0.2) is 52.2 Å². The molecule has 3 atom stereocenters. The van der Waals surface area contributed by atoms with Crippen molar-refractivity contribution >= 4 is 5.97 Å². The van der Waals surface area contributed by atoms with E-state index in [1.807, 2.05) is 0 Å². The molecule has 1 fully saturated rings. The van der Waals surface area contributed by atoms with Crippen LogP contribution in [0.1, 0.15) is 23.0 Å². The predicted molar refractivity (Wildman–Crippen MR) is 88.6 cm³/mol. The molecule has 3 rings (SSSR count). The average molecular weight is 362 g/mol. The van der Waals surface area contributed by atoms with E-state index in [1.54, 1.807) is 30.3 Å². The number of aliphatic hydroxyl groups excluding tert-OH is 2. The van der Waals surface area contributed by atoms with Crippen LogP contribution in [-0.4, -0.2) is 50.7 Å². The highest BCUT2D eigenvalue weighted by Gasteiger charge is 2.50. The number of H-pyrrole nitrogens is 1. The number of aliphatic hydroxyl groups is 2. The summed E-state index contributed by atoms with van der Waals surface area (Å²) in [5, 5.41) is 20.1. The SMILES string of the molecule is O=C(OC[C@@]1(CO)O[C@@H](n2ccc(=O)[nH]c2=O)C[C@@H]1O)c1ccccc1. The van der Waals surface area contributed by atoms with Gasteiger partial charge in [-0.15, -0.1) is 0 Å². The number of rotatable bonds is 5. The van der Waals surface area contributed by atoms with E-state index in [1.165, 1.54) is 6.20 Å². The lowest BCUT2D eigenvalue weighted by atomic mass is 9.99. The van der Waals surface area contributed by atoms with Crippen LogP contribution < -0.4 is 11.2 Å². The van der Waals surface area contributed by atoms with E-state index >= 15 is 0 Å². The zero-order chi connectivity index (χ0) is 18.7. The van der Waals surface area contributed by atoms with Crippen molar-refractivity contribution < 1.29 is 24.5 Å². The standard InChI is InChI=1S/C17H18N2O7/c20-9-17(10-25-15(23)11-4-2-1-3-5-11)12(21)8-14(26-17)19-7-6-13(22)18-16(19)24/h1-7,12,14,20-21H,8-10H2,(H,18,22,24)/t12-,14+,17+/m0/s1.